The summed E-state index contributed by atoms with van der Waals surface area (Å²) in [6.07, 6.45) is 5.68. The zero-order valence-corrected chi connectivity index (χ0v) is 11.9. The smallest absolute Gasteiger partial charge is 0.0613 e. The molecule has 0 atom stereocenters. The monoisotopic (exact) mass is 287 g/mol. The van der Waals surface area contributed by atoms with Crippen LogP contribution in [-0.2, 0) is 6.54 Å². The summed E-state index contributed by atoms with van der Waals surface area (Å²) in [5.74, 6) is 0. The van der Waals surface area contributed by atoms with Gasteiger partial charge in [-0.1, -0.05) is 42.5 Å². The first-order valence-corrected chi connectivity index (χ1v) is 7.21. The summed E-state index contributed by atoms with van der Waals surface area (Å²) in [7, 11) is 0. The number of hydrogen-bond acceptors (Lipinski definition) is 2. The van der Waals surface area contributed by atoms with Gasteiger partial charge in [0.15, 0.2) is 0 Å². The van der Waals surface area contributed by atoms with Gasteiger partial charge in [0.25, 0.3) is 0 Å². The van der Waals surface area contributed by atoms with Gasteiger partial charge in [-0.15, -0.1) is 0 Å². The van der Waals surface area contributed by atoms with Crippen LogP contribution >= 0.6 is 23.2 Å². The van der Waals surface area contributed by atoms with Crippen molar-refractivity contribution in [3.8, 4) is 0 Å². The Morgan fingerprint density at radius 1 is 1.17 bits per heavy atom. The standard InChI is InChI=1S/C14H19Cl2NO/c15-12-4-5-13(16)11(8-12)9-17-14(10-18)6-2-1-3-7-14/h4-5,8,17-18H,1-3,6-7,9-10H2. The molecule has 2 N–H and O–H groups in total. The van der Waals surface area contributed by atoms with Crippen LogP contribution in [0, 0.1) is 0 Å². The molecule has 0 aliphatic heterocycles. The van der Waals surface area contributed by atoms with E-state index in [1.54, 1.807) is 6.07 Å². The molecule has 1 aliphatic carbocycles. The first-order chi connectivity index (χ1) is 8.65. The summed E-state index contributed by atoms with van der Waals surface area (Å²) < 4.78 is 0. The highest BCUT2D eigenvalue weighted by atomic mass is 35.5. The highest BCUT2D eigenvalue weighted by Crippen LogP contribution is 2.29. The molecule has 4 heteroatoms. The minimum absolute atomic E-state index is 0.135. The van der Waals surface area contributed by atoms with Crippen molar-refractivity contribution in [2.45, 2.75) is 44.2 Å². The first kappa shape index (κ1) is 14.1. The molecule has 0 aromatic heterocycles. The van der Waals surface area contributed by atoms with E-state index in [4.69, 9.17) is 23.2 Å². The summed E-state index contributed by atoms with van der Waals surface area (Å²) in [6.45, 7) is 0.838. The average Bonchev–Trinajstić information content (AvgIpc) is 2.41. The van der Waals surface area contributed by atoms with Gasteiger partial charge < -0.3 is 10.4 Å². The van der Waals surface area contributed by atoms with Gasteiger partial charge in [-0.3, -0.25) is 0 Å². The van der Waals surface area contributed by atoms with Crippen molar-refractivity contribution in [2.75, 3.05) is 6.61 Å². The van der Waals surface area contributed by atoms with Gasteiger partial charge in [-0.05, 0) is 36.6 Å². The number of rotatable bonds is 4. The molecular formula is C14H19Cl2NO. The largest absolute Gasteiger partial charge is 0.394 e. The van der Waals surface area contributed by atoms with Crippen molar-refractivity contribution in [1.82, 2.24) is 5.32 Å². The van der Waals surface area contributed by atoms with Gasteiger partial charge >= 0.3 is 0 Å². The van der Waals surface area contributed by atoms with Gasteiger partial charge in [0.2, 0.25) is 0 Å². The minimum Gasteiger partial charge on any atom is -0.394 e. The zero-order valence-electron chi connectivity index (χ0n) is 10.4. The SMILES string of the molecule is OCC1(NCc2cc(Cl)ccc2Cl)CCCCC1. The Labute approximate surface area is 118 Å². The average molecular weight is 288 g/mol. The Morgan fingerprint density at radius 2 is 1.89 bits per heavy atom. The molecule has 1 fully saturated rings. The third kappa shape index (κ3) is 3.39. The molecule has 0 heterocycles. The van der Waals surface area contributed by atoms with E-state index >= 15 is 0 Å². The first-order valence-electron chi connectivity index (χ1n) is 6.45. The summed E-state index contributed by atoms with van der Waals surface area (Å²) in [5, 5.41) is 14.5. The van der Waals surface area contributed by atoms with Crippen LogP contribution in [0.5, 0.6) is 0 Å². The molecule has 18 heavy (non-hydrogen) atoms. The van der Waals surface area contributed by atoms with E-state index < -0.39 is 0 Å². The van der Waals surface area contributed by atoms with Crippen molar-refractivity contribution in [2.24, 2.45) is 0 Å². The van der Waals surface area contributed by atoms with E-state index in [2.05, 4.69) is 5.32 Å². The van der Waals surface area contributed by atoms with E-state index in [0.29, 0.717) is 11.6 Å². The maximum absolute atomic E-state index is 9.62. The van der Waals surface area contributed by atoms with Crippen molar-refractivity contribution in [3.63, 3.8) is 0 Å². The van der Waals surface area contributed by atoms with Crippen LogP contribution in [0.15, 0.2) is 18.2 Å². The van der Waals surface area contributed by atoms with Crippen LogP contribution in [0.25, 0.3) is 0 Å². The molecule has 0 saturated heterocycles. The predicted molar refractivity (Wildman–Crippen MR) is 76.2 cm³/mol. The van der Waals surface area contributed by atoms with Gasteiger partial charge in [0.05, 0.1) is 6.61 Å². The number of nitrogens with one attached hydrogen (secondary N) is 1. The van der Waals surface area contributed by atoms with E-state index in [1.165, 1.54) is 19.3 Å². The third-order valence-electron chi connectivity index (χ3n) is 3.77. The Balaban J connectivity index is 2.03. The summed E-state index contributed by atoms with van der Waals surface area (Å²) >= 11 is 12.1. The quantitative estimate of drug-likeness (QED) is 0.883. The van der Waals surface area contributed by atoms with Crippen LogP contribution in [0.4, 0.5) is 0 Å². The number of aliphatic hydroxyl groups is 1. The fourth-order valence-electron chi connectivity index (χ4n) is 2.58. The molecule has 1 aromatic rings. The summed E-state index contributed by atoms with van der Waals surface area (Å²) in [4.78, 5) is 0. The molecular weight excluding hydrogens is 269 g/mol. The van der Waals surface area contributed by atoms with E-state index in [9.17, 15) is 5.11 Å². The van der Waals surface area contributed by atoms with Crippen LogP contribution in [0.2, 0.25) is 10.0 Å². The second-order valence-corrected chi connectivity index (χ2v) is 5.93. The number of benzene rings is 1. The third-order valence-corrected chi connectivity index (χ3v) is 4.38. The van der Waals surface area contributed by atoms with E-state index in [1.807, 2.05) is 12.1 Å². The highest BCUT2D eigenvalue weighted by molar-refractivity contribution is 6.33. The molecule has 0 unspecified atom stereocenters. The maximum Gasteiger partial charge on any atom is 0.0613 e. The van der Waals surface area contributed by atoms with Crippen LogP contribution in [-0.4, -0.2) is 17.3 Å². The Morgan fingerprint density at radius 3 is 2.56 bits per heavy atom. The molecule has 1 saturated carbocycles. The molecule has 0 bridgehead atoms. The predicted octanol–water partition coefficient (Wildman–Crippen LogP) is 3.78. The van der Waals surface area contributed by atoms with Gasteiger partial charge in [-0.2, -0.15) is 0 Å². The number of hydrogen-bond donors (Lipinski definition) is 2. The Kier molecular flexibility index (Phi) is 4.91. The molecule has 0 amide bonds. The maximum atomic E-state index is 9.62. The Hall–Kier alpha value is -0.280. The van der Waals surface area contributed by atoms with Crippen molar-refractivity contribution >= 4 is 23.2 Å². The fraction of sp³-hybridized carbons (Fsp3) is 0.571. The van der Waals surface area contributed by atoms with Crippen molar-refractivity contribution < 1.29 is 5.11 Å². The summed E-state index contributed by atoms with van der Waals surface area (Å²) in [6, 6.07) is 5.48. The molecule has 0 spiro atoms. The topological polar surface area (TPSA) is 32.3 Å². The lowest BCUT2D eigenvalue weighted by Gasteiger charge is -2.36. The van der Waals surface area contributed by atoms with Gasteiger partial charge in [0.1, 0.15) is 0 Å². The molecule has 2 rings (SSSR count). The second-order valence-electron chi connectivity index (χ2n) is 5.09. The van der Waals surface area contributed by atoms with E-state index in [0.717, 1.165) is 23.4 Å². The molecule has 1 aromatic carbocycles. The highest BCUT2D eigenvalue weighted by Gasteiger charge is 2.30. The minimum atomic E-state index is -0.135. The second kappa shape index (κ2) is 6.25. The van der Waals surface area contributed by atoms with Crippen LogP contribution < -0.4 is 5.32 Å². The Bertz CT molecular complexity index is 403. The van der Waals surface area contributed by atoms with Crippen LogP contribution in [0.3, 0.4) is 0 Å². The zero-order chi connectivity index (χ0) is 13.0. The van der Waals surface area contributed by atoms with Gasteiger partial charge in [0, 0.05) is 22.1 Å². The lowest BCUT2D eigenvalue weighted by atomic mass is 9.82. The van der Waals surface area contributed by atoms with Gasteiger partial charge in [-0.25, -0.2) is 0 Å². The number of aliphatic hydroxyl groups excluding tert-OH is 1. The molecule has 2 nitrogen and oxygen atoms in total. The fourth-order valence-corrected chi connectivity index (χ4v) is 2.96. The normalized spacial score (nSPS) is 18.8. The van der Waals surface area contributed by atoms with Crippen molar-refractivity contribution in [1.29, 1.82) is 0 Å². The lowest BCUT2D eigenvalue weighted by molar-refractivity contribution is 0.119. The lowest BCUT2D eigenvalue weighted by Crippen LogP contribution is -2.49. The van der Waals surface area contributed by atoms with E-state index in [-0.39, 0.29) is 12.1 Å². The number of halogens is 2. The summed E-state index contributed by atoms with van der Waals surface area (Å²) in [5.41, 5.74) is 0.853. The molecule has 1 aliphatic rings. The van der Waals surface area contributed by atoms with Crippen LogP contribution in [0.1, 0.15) is 37.7 Å². The molecule has 100 valence electrons. The van der Waals surface area contributed by atoms with Crippen molar-refractivity contribution in [3.05, 3.63) is 33.8 Å². The molecule has 0 radical (unpaired) electrons.